The van der Waals surface area contributed by atoms with Crippen LogP contribution < -0.4 is 15.5 Å². The number of hydrogen-bond donors (Lipinski definition) is 2. The molecule has 3 amide bonds. The highest BCUT2D eigenvalue weighted by molar-refractivity contribution is 14.1. The van der Waals surface area contributed by atoms with Gasteiger partial charge in [-0.2, -0.15) is 0 Å². The van der Waals surface area contributed by atoms with Gasteiger partial charge in [0, 0.05) is 25.5 Å². The Balaban J connectivity index is 1.54. The summed E-state index contributed by atoms with van der Waals surface area (Å²) in [6.07, 6.45) is 0. The van der Waals surface area contributed by atoms with E-state index in [9.17, 15) is 14.4 Å². The lowest BCUT2D eigenvalue weighted by molar-refractivity contribution is -0.120. The minimum atomic E-state index is -0.656. The average Bonchev–Trinajstić information content (AvgIpc) is 3.00. The quantitative estimate of drug-likeness (QED) is 0.284. The SMILES string of the molecule is Cc1ccc(N2C(=O)C(Cl)=C(Nc3cccc(C(=O)Nc4ccc(I)cc4)c3)C2=O)cc1Cl. The van der Waals surface area contributed by atoms with Crippen LogP contribution in [-0.2, 0) is 9.59 Å². The van der Waals surface area contributed by atoms with Crippen molar-refractivity contribution in [3.8, 4) is 0 Å². The summed E-state index contributed by atoms with van der Waals surface area (Å²) in [7, 11) is 0. The molecule has 0 aliphatic carbocycles. The summed E-state index contributed by atoms with van der Waals surface area (Å²) in [6.45, 7) is 1.82. The second-order valence-electron chi connectivity index (χ2n) is 7.24. The van der Waals surface area contributed by atoms with E-state index in [0.717, 1.165) is 14.0 Å². The van der Waals surface area contributed by atoms with Crippen LogP contribution in [0.1, 0.15) is 15.9 Å². The Morgan fingerprint density at radius 2 is 1.64 bits per heavy atom. The fourth-order valence-corrected chi connectivity index (χ4v) is 3.93. The van der Waals surface area contributed by atoms with Crippen molar-refractivity contribution in [3.05, 3.63) is 97.2 Å². The highest BCUT2D eigenvalue weighted by atomic mass is 127. The second-order valence-corrected chi connectivity index (χ2v) is 9.27. The lowest BCUT2D eigenvalue weighted by Crippen LogP contribution is -2.32. The number of amides is 3. The molecule has 0 saturated carbocycles. The van der Waals surface area contributed by atoms with E-state index in [1.165, 1.54) is 6.07 Å². The van der Waals surface area contributed by atoms with Gasteiger partial charge in [0.05, 0.1) is 5.69 Å². The molecule has 3 aromatic carbocycles. The number of nitrogens with one attached hydrogen (secondary N) is 2. The topological polar surface area (TPSA) is 78.5 Å². The number of aryl methyl sites for hydroxylation is 1. The molecule has 1 aliphatic heterocycles. The van der Waals surface area contributed by atoms with Gasteiger partial charge >= 0.3 is 0 Å². The van der Waals surface area contributed by atoms with Crippen LogP contribution in [0.25, 0.3) is 0 Å². The maximum atomic E-state index is 13.0. The molecule has 6 nitrogen and oxygen atoms in total. The van der Waals surface area contributed by atoms with Crippen LogP contribution in [0.5, 0.6) is 0 Å². The molecule has 0 aromatic heterocycles. The maximum Gasteiger partial charge on any atom is 0.283 e. The normalized spacial score (nSPS) is 13.5. The van der Waals surface area contributed by atoms with Crippen molar-refractivity contribution in [2.24, 2.45) is 0 Å². The largest absolute Gasteiger partial charge is 0.350 e. The molecule has 33 heavy (non-hydrogen) atoms. The molecular formula is C24H16Cl2IN3O3. The van der Waals surface area contributed by atoms with Crippen LogP contribution in [0.4, 0.5) is 17.1 Å². The predicted molar refractivity (Wildman–Crippen MR) is 139 cm³/mol. The Bertz CT molecular complexity index is 1320. The molecule has 2 N–H and O–H groups in total. The summed E-state index contributed by atoms with van der Waals surface area (Å²) >= 11 is 14.5. The number of imide groups is 1. The lowest BCUT2D eigenvalue weighted by Gasteiger charge is -2.16. The Kier molecular flexibility index (Phi) is 6.73. The zero-order chi connectivity index (χ0) is 23.7. The van der Waals surface area contributed by atoms with Gasteiger partial charge < -0.3 is 10.6 Å². The summed E-state index contributed by atoms with van der Waals surface area (Å²) in [4.78, 5) is 39.3. The Labute approximate surface area is 213 Å². The molecule has 9 heteroatoms. The summed E-state index contributed by atoms with van der Waals surface area (Å²) in [5, 5.41) is 5.89. The molecule has 0 atom stereocenters. The fourth-order valence-electron chi connectivity index (χ4n) is 3.19. The molecule has 0 unspecified atom stereocenters. The van der Waals surface area contributed by atoms with Gasteiger partial charge in [0.2, 0.25) is 0 Å². The summed E-state index contributed by atoms with van der Waals surface area (Å²) in [5.74, 6) is -1.58. The number of hydrogen-bond acceptors (Lipinski definition) is 4. The molecular weight excluding hydrogens is 576 g/mol. The number of nitrogens with zero attached hydrogens (tertiary/aromatic N) is 1. The highest BCUT2D eigenvalue weighted by Crippen LogP contribution is 2.32. The van der Waals surface area contributed by atoms with Crippen LogP contribution in [0.3, 0.4) is 0 Å². The predicted octanol–water partition coefficient (Wildman–Crippen LogP) is 5.94. The fraction of sp³-hybridized carbons (Fsp3) is 0.0417. The van der Waals surface area contributed by atoms with Gasteiger partial charge in [0.25, 0.3) is 17.7 Å². The minimum Gasteiger partial charge on any atom is -0.350 e. The van der Waals surface area contributed by atoms with E-state index < -0.39 is 11.8 Å². The first-order valence-corrected chi connectivity index (χ1v) is 11.6. The molecule has 0 radical (unpaired) electrons. The zero-order valence-electron chi connectivity index (χ0n) is 17.2. The first-order chi connectivity index (χ1) is 15.7. The van der Waals surface area contributed by atoms with Gasteiger partial charge in [-0.25, -0.2) is 4.90 Å². The Morgan fingerprint density at radius 1 is 0.909 bits per heavy atom. The average molecular weight is 592 g/mol. The standard InChI is InChI=1S/C24H16Cl2IN3O3/c1-13-5-10-18(12-19(13)25)30-23(32)20(26)21(24(30)33)28-17-4-2-3-14(11-17)22(31)29-16-8-6-15(27)7-9-16/h2-12,28H,1H3,(H,29,31). The maximum absolute atomic E-state index is 13.0. The van der Waals surface area contributed by atoms with Crippen molar-refractivity contribution in [3.63, 3.8) is 0 Å². The molecule has 1 aliphatic rings. The van der Waals surface area contributed by atoms with Crippen molar-refractivity contribution in [2.45, 2.75) is 6.92 Å². The molecule has 0 spiro atoms. The van der Waals surface area contributed by atoms with E-state index in [-0.39, 0.29) is 16.6 Å². The van der Waals surface area contributed by atoms with Crippen LogP contribution in [0.2, 0.25) is 5.02 Å². The minimum absolute atomic E-state index is 0.0754. The summed E-state index contributed by atoms with van der Waals surface area (Å²) < 4.78 is 1.06. The molecule has 166 valence electrons. The van der Waals surface area contributed by atoms with Gasteiger partial charge in [-0.15, -0.1) is 0 Å². The number of rotatable bonds is 5. The number of benzene rings is 3. The third kappa shape index (κ3) is 4.90. The number of anilines is 3. The van der Waals surface area contributed by atoms with Gasteiger partial charge in [0.1, 0.15) is 10.7 Å². The van der Waals surface area contributed by atoms with E-state index >= 15 is 0 Å². The molecule has 0 fully saturated rings. The van der Waals surface area contributed by atoms with Crippen molar-refractivity contribution in [1.82, 2.24) is 0 Å². The van der Waals surface area contributed by atoms with Crippen LogP contribution in [0, 0.1) is 10.5 Å². The van der Waals surface area contributed by atoms with Crippen molar-refractivity contribution in [1.29, 1.82) is 0 Å². The van der Waals surface area contributed by atoms with E-state index in [0.29, 0.717) is 27.6 Å². The van der Waals surface area contributed by atoms with Gasteiger partial charge in [0.15, 0.2) is 0 Å². The first-order valence-electron chi connectivity index (χ1n) is 9.73. The number of halogens is 3. The van der Waals surface area contributed by atoms with E-state index in [2.05, 4.69) is 33.2 Å². The number of carbonyl (C=O) groups is 3. The molecule has 4 rings (SSSR count). The second kappa shape index (κ2) is 9.54. The molecule has 1 heterocycles. The smallest absolute Gasteiger partial charge is 0.283 e. The Morgan fingerprint density at radius 3 is 2.33 bits per heavy atom. The van der Waals surface area contributed by atoms with Gasteiger partial charge in [-0.05, 0) is 89.7 Å². The Hall–Kier alpha value is -2.88. The number of carbonyl (C=O) groups excluding carboxylic acids is 3. The van der Waals surface area contributed by atoms with Crippen molar-refractivity contribution in [2.75, 3.05) is 15.5 Å². The first kappa shape index (κ1) is 23.3. The highest BCUT2D eigenvalue weighted by Gasteiger charge is 2.39. The van der Waals surface area contributed by atoms with E-state index in [1.54, 1.807) is 48.5 Å². The van der Waals surface area contributed by atoms with Crippen LogP contribution in [0.15, 0.2) is 77.5 Å². The summed E-state index contributed by atoms with van der Waals surface area (Å²) in [6, 6.07) is 18.8. The third-order valence-corrected chi connectivity index (χ3v) is 6.41. The van der Waals surface area contributed by atoms with Crippen molar-refractivity contribution < 1.29 is 14.4 Å². The van der Waals surface area contributed by atoms with Gasteiger partial charge in [-0.1, -0.05) is 35.3 Å². The monoisotopic (exact) mass is 591 g/mol. The molecule has 3 aromatic rings. The van der Waals surface area contributed by atoms with E-state index in [1.807, 2.05) is 19.1 Å². The van der Waals surface area contributed by atoms with Crippen LogP contribution >= 0.6 is 45.8 Å². The van der Waals surface area contributed by atoms with E-state index in [4.69, 9.17) is 23.2 Å². The van der Waals surface area contributed by atoms with Crippen LogP contribution in [-0.4, -0.2) is 17.7 Å². The molecule has 0 saturated heterocycles. The summed E-state index contributed by atoms with van der Waals surface area (Å²) in [5.41, 5.74) is 2.53. The lowest BCUT2D eigenvalue weighted by atomic mass is 10.1. The van der Waals surface area contributed by atoms with Crippen molar-refractivity contribution >= 4 is 80.6 Å². The zero-order valence-corrected chi connectivity index (χ0v) is 20.8. The molecule has 0 bridgehead atoms. The van der Waals surface area contributed by atoms with Gasteiger partial charge in [-0.3, -0.25) is 14.4 Å². The third-order valence-electron chi connectivity index (χ3n) is 4.94.